The third-order valence-electron chi connectivity index (χ3n) is 3.95. The highest BCUT2D eigenvalue weighted by molar-refractivity contribution is 7.98. The van der Waals surface area contributed by atoms with Crippen LogP contribution in [0.25, 0.3) is 17.5 Å². The Bertz CT molecular complexity index is 949. The van der Waals surface area contributed by atoms with Gasteiger partial charge >= 0.3 is 5.97 Å². The van der Waals surface area contributed by atoms with E-state index >= 15 is 0 Å². The topological polar surface area (TPSA) is 74.5 Å². The molecule has 1 heterocycles. The largest absolute Gasteiger partial charge is 0.497 e. The smallest absolute Gasteiger partial charge is 0.331 e. The van der Waals surface area contributed by atoms with Crippen LogP contribution in [0.3, 0.4) is 0 Å². The van der Waals surface area contributed by atoms with Gasteiger partial charge in [-0.1, -0.05) is 12.1 Å². The molecule has 7 heteroatoms. The Morgan fingerprint density at radius 2 is 1.82 bits per heavy atom. The van der Waals surface area contributed by atoms with Gasteiger partial charge in [0, 0.05) is 16.5 Å². The summed E-state index contributed by atoms with van der Waals surface area (Å²) in [6, 6.07) is 15.1. The minimum atomic E-state index is -0.657. The van der Waals surface area contributed by atoms with Crippen molar-refractivity contribution in [1.82, 2.24) is 10.2 Å². The maximum atomic E-state index is 12.1. The number of carbonyl (C=O) groups is 1. The van der Waals surface area contributed by atoms with E-state index < -0.39 is 12.1 Å². The highest BCUT2D eigenvalue weighted by atomic mass is 32.2. The number of methoxy groups -OCH3 is 1. The van der Waals surface area contributed by atoms with Crippen LogP contribution in [0.4, 0.5) is 0 Å². The number of rotatable bonds is 7. The standard InChI is InChI=1S/C21H20N2O4S/c1-14(26-19(24)13-6-15-4-11-18(28-3)12-5-15)20-22-23-21(27-20)16-7-9-17(25-2)10-8-16/h4-14H,1-3H3/b13-6+/t14-/m0/s1. The molecule has 3 aromatic rings. The molecule has 0 saturated heterocycles. The fraction of sp³-hybridized carbons (Fsp3) is 0.190. The average Bonchev–Trinajstić information content (AvgIpc) is 3.23. The van der Waals surface area contributed by atoms with Crippen LogP contribution in [0, 0.1) is 0 Å². The van der Waals surface area contributed by atoms with Gasteiger partial charge in [0.25, 0.3) is 5.89 Å². The predicted molar refractivity (Wildman–Crippen MR) is 108 cm³/mol. The molecular formula is C21H20N2O4S. The number of thioether (sulfide) groups is 1. The Morgan fingerprint density at radius 3 is 2.46 bits per heavy atom. The molecule has 0 aliphatic heterocycles. The van der Waals surface area contributed by atoms with E-state index in [1.807, 2.05) is 42.7 Å². The molecule has 0 saturated carbocycles. The number of ether oxygens (including phenoxy) is 2. The molecule has 28 heavy (non-hydrogen) atoms. The number of hydrogen-bond acceptors (Lipinski definition) is 7. The fourth-order valence-electron chi connectivity index (χ4n) is 2.39. The van der Waals surface area contributed by atoms with Gasteiger partial charge in [-0.25, -0.2) is 4.79 Å². The zero-order valence-electron chi connectivity index (χ0n) is 15.8. The number of benzene rings is 2. The molecule has 0 unspecified atom stereocenters. The fourth-order valence-corrected chi connectivity index (χ4v) is 2.80. The van der Waals surface area contributed by atoms with Crippen LogP contribution in [0.2, 0.25) is 0 Å². The minimum Gasteiger partial charge on any atom is -0.497 e. The van der Waals surface area contributed by atoms with Crippen molar-refractivity contribution in [2.24, 2.45) is 0 Å². The van der Waals surface area contributed by atoms with Crippen molar-refractivity contribution in [3.05, 3.63) is 66.1 Å². The van der Waals surface area contributed by atoms with Gasteiger partial charge in [0.1, 0.15) is 5.75 Å². The summed E-state index contributed by atoms with van der Waals surface area (Å²) in [6.07, 6.45) is 4.44. The third-order valence-corrected chi connectivity index (χ3v) is 4.69. The molecule has 144 valence electrons. The van der Waals surface area contributed by atoms with E-state index in [9.17, 15) is 4.79 Å². The van der Waals surface area contributed by atoms with Crippen molar-refractivity contribution in [2.75, 3.05) is 13.4 Å². The van der Waals surface area contributed by atoms with Crippen LogP contribution in [-0.4, -0.2) is 29.5 Å². The van der Waals surface area contributed by atoms with Crippen molar-refractivity contribution < 1.29 is 18.7 Å². The van der Waals surface area contributed by atoms with Crippen molar-refractivity contribution in [1.29, 1.82) is 0 Å². The van der Waals surface area contributed by atoms with E-state index in [-0.39, 0.29) is 5.89 Å². The van der Waals surface area contributed by atoms with Crippen LogP contribution in [0.1, 0.15) is 24.5 Å². The minimum absolute atomic E-state index is 0.233. The maximum absolute atomic E-state index is 12.1. The van der Waals surface area contributed by atoms with Crippen LogP contribution in [-0.2, 0) is 9.53 Å². The van der Waals surface area contributed by atoms with Crippen molar-refractivity contribution in [3.63, 3.8) is 0 Å². The molecule has 0 bridgehead atoms. The van der Waals surface area contributed by atoms with E-state index in [1.54, 1.807) is 44.0 Å². The molecule has 0 radical (unpaired) electrons. The number of nitrogens with zero attached hydrogens (tertiary/aromatic N) is 2. The number of carbonyl (C=O) groups excluding carboxylic acids is 1. The molecule has 0 fully saturated rings. The Hall–Kier alpha value is -3.06. The quantitative estimate of drug-likeness (QED) is 0.323. The number of hydrogen-bond donors (Lipinski definition) is 0. The molecule has 0 aliphatic rings. The van der Waals surface area contributed by atoms with Gasteiger partial charge in [-0.15, -0.1) is 22.0 Å². The van der Waals surface area contributed by atoms with Gasteiger partial charge in [-0.3, -0.25) is 0 Å². The van der Waals surface area contributed by atoms with Crippen molar-refractivity contribution in [2.45, 2.75) is 17.9 Å². The zero-order valence-corrected chi connectivity index (χ0v) is 16.6. The molecular weight excluding hydrogens is 376 g/mol. The van der Waals surface area contributed by atoms with Gasteiger partial charge in [0.15, 0.2) is 6.10 Å². The van der Waals surface area contributed by atoms with E-state index in [2.05, 4.69) is 10.2 Å². The summed E-state index contributed by atoms with van der Waals surface area (Å²) in [4.78, 5) is 13.2. The molecule has 0 aliphatic carbocycles. The SMILES string of the molecule is COc1ccc(-c2nnc([C@H](C)OC(=O)/C=C/c3ccc(SC)cc3)o2)cc1. The summed E-state index contributed by atoms with van der Waals surface area (Å²) >= 11 is 1.66. The van der Waals surface area contributed by atoms with E-state index in [1.165, 1.54) is 6.08 Å². The Kier molecular flexibility index (Phi) is 6.49. The second-order valence-electron chi connectivity index (χ2n) is 5.86. The first kappa shape index (κ1) is 19.7. The summed E-state index contributed by atoms with van der Waals surface area (Å²) in [7, 11) is 1.60. The second-order valence-corrected chi connectivity index (χ2v) is 6.74. The molecule has 0 N–H and O–H groups in total. The average molecular weight is 396 g/mol. The van der Waals surface area contributed by atoms with E-state index in [0.29, 0.717) is 5.89 Å². The lowest BCUT2D eigenvalue weighted by molar-refractivity contribution is -0.143. The Labute approximate surface area is 167 Å². The van der Waals surface area contributed by atoms with Crippen LogP contribution < -0.4 is 4.74 Å². The summed E-state index contributed by atoms with van der Waals surface area (Å²) < 4.78 is 16.1. The highest BCUT2D eigenvalue weighted by Crippen LogP contribution is 2.24. The van der Waals surface area contributed by atoms with Crippen molar-refractivity contribution in [3.8, 4) is 17.2 Å². The summed E-state index contributed by atoms with van der Waals surface area (Å²) in [5.74, 6) is 0.841. The normalized spacial score (nSPS) is 12.1. The Balaban J connectivity index is 1.60. The van der Waals surface area contributed by atoms with E-state index in [0.717, 1.165) is 21.8 Å². The molecule has 0 spiro atoms. The van der Waals surface area contributed by atoms with Crippen molar-refractivity contribution >= 4 is 23.8 Å². The lowest BCUT2D eigenvalue weighted by Gasteiger charge is -2.06. The number of aromatic nitrogens is 2. The van der Waals surface area contributed by atoms with Gasteiger partial charge in [-0.05, 0) is 61.2 Å². The second kappa shape index (κ2) is 9.23. The van der Waals surface area contributed by atoms with E-state index in [4.69, 9.17) is 13.9 Å². The van der Waals surface area contributed by atoms with Crippen LogP contribution in [0.5, 0.6) is 5.75 Å². The lowest BCUT2D eigenvalue weighted by Crippen LogP contribution is -2.06. The molecule has 3 rings (SSSR count). The first-order chi connectivity index (χ1) is 13.6. The zero-order chi connectivity index (χ0) is 19.9. The first-order valence-corrected chi connectivity index (χ1v) is 9.82. The molecule has 2 aromatic carbocycles. The molecule has 1 aromatic heterocycles. The third kappa shape index (κ3) is 5.01. The predicted octanol–water partition coefficient (Wildman–Crippen LogP) is 4.78. The van der Waals surface area contributed by atoms with Crippen LogP contribution >= 0.6 is 11.8 Å². The van der Waals surface area contributed by atoms with Gasteiger partial charge in [0.05, 0.1) is 7.11 Å². The van der Waals surface area contributed by atoms with Gasteiger partial charge in [-0.2, -0.15) is 0 Å². The molecule has 0 amide bonds. The summed E-state index contributed by atoms with van der Waals surface area (Å²) in [5.41, 5.74) is 1.67. The number of esters is 1. The Morgan fingerprint density at radius 1 is 1.11 bits per heavy atom. The summed E-state index contributed by atoms with van der Waals surface area (Å²) in [5, 5.41) is 7.99. The molecule has 6 nitrogen and oxygen atoms in total. The first-order valence-electron chi connectivity index (χ1n) is 8.59. The van der Waals surface area contributed by atoms with Gasteiger partial charge < -0.3 is 13.9 Å². The van der Waals surface area contributed by atoms with Crippen LogP contribution in [0.15, 0.2) is 63.9 Å². The summed E-state index contributed by atoms with van der Waals surface area (Å²) in [6.45, 7) is 1.68. The lowest BCUT2D eigenvalue weighted by atomic mass is 10.2. The monoisotopic (exact) mass is 396 g/mol. The molecule has 1 atom stereocenters. The maximum Gasteiger partial charge on any atom is 0.331 e. The highest BCUT2D eigenvalue weighted by Gasteiger charge is 2.18. The van der Waals surface area contributed by atoms with Gasteiger partial charge in [0.2, 0.25) is 5.89 Å².